The summed E-state index contributed by atoms with van der Waals surface area (Å²) in [4.78, 5) is 28.9. The van der Waals surface area contributed by atoms with Crippen LogP contribution in [0.15, 0.2) is 115 Å². The number of para-hydroxylation sites is 1. The van der Waals surface area contributed by atoms with Crippen molar-refractivity contribution >= 4 is 11.8 Å². The molecule has 6 nitrogen and oxygen atoms in total. The molecule has 0 aliphatic carbocycles. The molecule has 0 aliphatic heterocycles. The number of rotatable bonds is 12. The van der Waals surface area contributed by atoms with Crippen molar-refractivity contribution in [3.8, 4) is 11.5 Å². The van der Waals surface area contributed by atoms with Crippen molar-refractivity contribution in [1.82, 2.24) is 10.2 Å². The van der Waals surface area contributed by atoms with Gasteiger partial charge in [-0.2, -0.15) is 0 Å². The standard InChI is InChI=1S/C32H32N2O4/c1-37-28-19-17-26(18-20-28)22-33-32(36)30(21-25-11-5-2-6-12-25)34(23-27-13-7-3-8-14-27)31(35)24-38-29-15-9-4-10-16-29/h2-20,30H,21-24H2,1H3,(H,33,36). The van der Waals surface area contributed by atoms with Gasteiger partial charge in [0.15, 0.2) is 6.61 Å². The Bertz CT molecular complexity index is 1280. The van der Waals surface area contributed by atoms with E-state index in [-0.39, 0.29) is 25.0 Å². The van der Waals surface area contributed by atoms with Crippen LogP contribution in [0.3, 0.4) is 0 Å². The Hall–Kier alpha value is -4.58. The molecule has 194 valence electrons. The van der Waals surface area contributed by atoms with Crippen LogP contribution in [-0.2, 0) is 29.1 Å². The molecule has 6 heteroatoms. The van der Waals surface area contributed by atoms with E-state index in [1.54, 1.807) is 24.1 Å². The van der Waals surface area contributed by atoms with Gasteiger partial charge in [-0.05, 0) is 41.0 Å². The fraction of sp³-hybridized carbons (Fsp3) is 0.188. The third-order valence-corrected chi connectivity index (χ3v) is 6.20. The molecule has 0 fully saturated rings. The molecule has 0 aliphatic rings. The Morgan fingerprint density at radius 3 is 1.89 bits per heavy atom. The van der Waals surface area contributed by atoms with Gasteiger partial charge in [-0.1, -0.05) is 91.0 Å². The highest BCUT2D eigenvalue weighted by atomic mass is 16.5. The molecule has 0 heterocycles. The third-order valence-electron chi connectivity index (χ3n) is 6.20. The first-order valence-electron chi connectivity index (χ1n) is 12.6. The Balaban J connectivity index is 1.57. The second-order valence-electron chi connectivity index (χ2n) is 8.88. The van der Waals surface area contributed by atoms with Crippen molar-refractivity contribution in [1.29, 1.82) is 0 Å². The first-order valence-corrected chi connectivity index (χ1v) is 12.6. The Labute approximate surface area is 223 Å². The first-order chi connectivity index (χ1) is 18.6. The number of hydrogen-bond acceptors (Lipinski definition) is 4. The van der Waals surface area contributed by atoms with Gasteiger partial charge in [0.25, 0.3) is 5.91 Å². The average Bonchev–Trinajstić information content (AvgIpc) is 2.98. The summed E-state index contributed by atoms with van der Waals surface area (Å²) in [6, 6.07) is 35.4. The molecule has 4 aromatic rings. The molecule has 0 bridgehead atoms. The summed E-state index contributed by atoms with van der Waals surface area (Å²) in [5, 5.41) is 3.04. The van der Waals surface area contributed by atoms with E-state index in [2.05, 4.69) is 5.32 Å². The molecule has 0 saturated carbocycles. The molecule has 4 aromatic carbocycles. The summed E-state index contributed by atoms with van der Waals surface area (Å²) >= 11 is 0. The monoisotopic (exact) mass is 508 g/mol. The average molecular weight is 509 g/mol. The van der Waals surface area contributed by atoms with Crippen LogP contribution in [0, 0.1) is 0 Å². The molecular weight excluding hydrogens is 476 g/mol. The number of nitrogens with one attached hydrogen (secondary N) is 1. The highest BCUT2D eigenvalue weighted by molar-refractivity contribution is 5.88. The van der Waals surface area contributed by atoms with Crippen molar-refractivity contribution in [3.63, 3.8) is 0 Å². The predicted octanol–water partition coefficient (Wildman–Crippen LogP) is 5.03. The lowest BCUT2D eigenvalue weighted by molar-refractivity contribution is -0.142. The lowest BCUT2D eigenvalue weighted by Gasteiger charge is -2.31. The third kappa shape index (κ3) is 7.71. The van der Waals surface area contributed by atoms with E-state index in [9.17, 15) is 9.59 Å². The zero-order valence-electron chi connectivity index (χ0n) is 21.5. The number of methoxy groups -OCH3 is 1. The van der Waals surface area contributed by atoms with Crippen molar-refractivity contribution in [2.24, 2.45) is 0 Å². The minimum absolute atomic E-state index is 0.173. The van der Waals surface area contributed by atoms with Gasteiger partial charge in [-0.3, -0.25) is 9.59 Å². The van der Waals surface area contributed by atoms with E-state index >= 15 is 0 Å². The van der Waals surface area contributed by atoms with Crippen molar-refractivity contribution < 1.29 is 19.1 Å². The number of ether oxygens (including phenoxy) is 2. The number of carbonyl (C=O) groups excluding carboxylic acids is 2. The molecule has 0 radical (unpaired) electrons. The highest BCUT2D eigenvalue weighted by Crippen LogP contribution is 2.17. The van der Waals surface area contributed by atoms with Gasteiger partial charge in [0.05, 0.1) is 7.11 Å². The number of benzene rings is 4. The van der Waals surface area contributed by atoms with E-state index in [1.807, 2.05) is 103 Å². The Kier molecular flexibility index (Phi) is 9.51. The van der Waals surface area contributed by atoms with Crippen LogP contribution < -0.4 is 14.8 Å². The fourth-order valence-corrected chi connectivity index (χ4v) is 4.13. The summed E-state index contributed by atoms with van der Waals surface area (Å²) in [6.07, 6.45) is 0.374. The van der Waals surface area contributed by atoms with Gasteiger partial charge in [0.1, 0.15) is 17.5 Å². The number of nitrogens with zero attached hydrogens (tertiary/aromatic N) is 1. The molecule has 1 atom stereocenters. The van der Waals surface area contributed by atoms with E-state index in [1.165, 1.54) is 0 Å². The quantitative estimate of drug-likeness (QED) is 0.292. The van der Waals surface area contributed by atoms with Crippen molar-refractivity contribution in [3.05, 3.63) is 132 Å². The zero-order chi connectivity index (χ0) is 26.6. The molecule has 0 spiro atoms. The van der Waals surface area contributed by atoms with E-state index in [4.69, 9.17) is 9.47 Å². The topological polar surface area (TPSA) is 67.9 Å². The maximum atomic E-state index is 13.7. The lowest BCUT2D eigenvalue weighted by atomic mass is 10.0. The van der Waals surface area contributed by atoms with Gasteiger partial charge < -0.3 is 19.7 Å². The maximum Gasteiger partial charge on any atom is 0.261 e. The van der Waals surface area contributed by atoms with Crippen LogP contribution in [-0.4, -0.2) is 36.5 Å². The Morgan fingerprint density at radius 1 is 0.711 bits per heavy atom. The summed E-state index contributed by atoms with van der Waals surface area (Å²) in [6.45, 7) is 0.446. The molecule has 4 rings (SSSR count). The van der Waals surface area contributed by atoms with Gasteiger partial charge in [0, 0.05) is 19.5 Å². The SMILES string of the molecule is COc1ccc(CNC(=O)C(Cc2ccccc2)N(Cc2ccccc2)C(=O)COc2ccccc2)cc1. The molecule has 2 amide bonds. The fourth-order valence-electron chi connectivity index (χ4n) is 4.13. The maximum absolute atomic E-state index is 13.7. The molecule has 38 heavy (non-hydrogen) atoms. The van der Waals surface area contributed by atoms with Crippen molar-refractivity contribution in [2.75, 3.05) is 13.7 Å². The van der Waals surface area contributed by atoms with E-state index in [0.717, 1.165) is 22.4 Å². The van der Waals surface area contributed by atoms with Gasteiger partial charge in [-0.25, -0.2) is 0 Å². The van der Waals surface area contributed by atoms with E-state index in [0.29, 0.717) is 18.7 Å². The summed E-state index contributed by atoms with van der Waals surface area (Å²) in [5.41, 5.74) is 2.83. The van der Waals surface area contributed by atoms with Crippen LogP contribution in [0.5, 0.6) is 11.5 Å². The molecule has 0 aromatic heterocycles. The first kappa shape index (κ1) is 26.5. The molecule has 1 unspecified atom stereocenters. The van der Waals surface area contributed by atoms with Gasteiger partial charge in [-0.15, -0.1) is 0 Å². The normalized spacial score (nSPS) is 11.3. The van der Waals surface area contributed by atoms with Gasteiger partial charge >= 0.3 is 0 Å². The van der Waals surface area contributed by atoms with Crippen LogP contribution in [0.2, 0.25) is 0 Å². The highest BCUT2D eigenvalue weighted by Gasteiger charge is 2.30. The van der Waals surface area contributed by atoms with Crippen molar-refractivity contribution in [2.45, 2.75) is 25.6 Å². The van der Waals surface area contributed by atoms with Crippen LogP contribution >= 0.6 is 0 Å². The minimum atomic E-state index is -0.734. The minimum Gasteiger partial charge on any atom is -0.497 e. The smallest absolute Gasteiger partial charge is 0.261 e. The summed E-state index contributed by atoms with van der Waals surface area (Å²) < 4.78 is 11.0. The van der Waals surface area contributed by atoms with Crippen LogP contribution in [0.1, 0.15) is 16.7 Å². The molecule has 1 N–H and O–H groups in total. The largest absolute Gasteiger partial charge is 0.497 e. The zero-order valence-corrected chi connectivity index (χ0v) is 21.5. The number of amides is 2. The second kappa shape index (κ2) is 13.7. The summed E-state index contributed by atoms with van der Waals surface area (Å²) in [5.74, 6) is 0.857. The molecule has 0 saturated heterocycles. The van der Waals surface area contributed by atoms with Crippen LogP contribution in [0.4, 0.5) is 0 Å². The number of hydrogen-bond donors (Lipinski definition) is 1. The van der Waals surface area contributed by atoms with Crippen LogP contribution in [0.25, 0.3) is 0 Å². The molecular formula is C32H32N2O4. The Morgan fingerprint density at radius 2 is 1.29 bits per heavy atom. The predicted molar refractivity (Wildman–Crippen MR) is 148 cm³/mol. The van der Waals surface area contributed by atoms with Gasteiger partial charge in [0.2, 0.25) is 5.91 Å². The summed E-state index contributed by atoms with van der Waals surface area (Å²) in [7, 11) is 1.62. The second-order valence-corrected chi connectivity index (χ2v) is 8.88. The lowest BCUT2D eigenvalue weighted by Crippen LogP contribution is -2.51. The number of carbonyl (C=O) groups is 2. The van der Waals surface area contributed by atoms with E-state index < -0.39 is 6.04 Å².